The minimum atomic E-state index is 0.347. The number of aliphatic imine (C=N–C) groups is 1. The van der Waals surface area contributed by atoms with Crippen LogP contribution in [-0.4, -0.2) is 29.0 Å². The van der Waals surface area contributed by atoms with Gasteiger partial charge in [0.05, 0.1) is 12.1 Å². The summed E-state index contributed by atoms with van der Waals surface area (Å²) in [5.41, 5.74) is 6.35. The molecule has 0 aromatic carbocycles. The Hall–Kier alpha value is -0.730. The first kappa shape index (κ1) is 9.49. The van der Waals surface area contributed by atoms with E-state index in [1.165, 1.54) is 25.7 Å². The van der Waals surface area contributed by atoms with Gasteiger partial charge in [0.2, 0.25) is 0 Å². The molecule has 3 nitrogen and oxygen atoms in total. The number of hydrogen-bond donors (Lipinski definition) is 1. The third kappa shape index (κ3) is 1.28. The molecule has 3 aliphatic rings. The van der Waals surface area contributed by atoms with Crippen molar-refractivity contribution in [2.24, 2.45) is 22.6 Å². The zero-order valence-corrected chi connectivity index (χ0v) is 9.74. The summed E-state index contributed by atoms with van der Waals surface area (Å²) in [7, 11) is 0. The van der Waals surface area contributed by atoms with Crippen molar-refractivity contribution in [2.75, 3.05) is 6.54 Å². The molecule has 15 heavy (non-hydrogen) atoms. The first-order chi connectivity index (χ1) is 7.12. The zero-order valence-electron chi connectivity index (χ0n) is 9.74. The number of rotatable bonds is 2. The predicted molar refractivity (Wildman–Crippen MR) is 61.6 cm³/mol. The summed E-state index contributed by atoms with van der Waals surface area (Å²) in [6.07, 6.45) is 5.27. The molecule has 2 N–H and O–H groups in total. The van der Waals surface area contributed by atoms with Crippen LogP contribution in [0.3, 0.4) is 0 Å². The SMILES string of the molecule is CC(C)C1CC2(CN=C(N)N2C2CC2)C1. The van der Waals surface area contributed by atoms with Crippen molar-refractivity contribution in [3.63, 3.8) is 0 Å². The van der Waals surface area contributed by atoms with Gasteiger partial charge in [-0.15, -0.1) is 0 Å². The van der Waals surface area contributed by atoms with Gasteiger partial charge in [0, 0.05) is 6.04 Å². The molecule has 1 heterocycles. The van der Waals surface area contributed by atoms with Gasteiger partial charge in [-0.3, -0.25) is 4.99 Å². The summed E-state index contributed by atoms with van der Waals surface area (Å²) in [6.45, 7) is 5.62. The maximum Gasteiger partial charge on any atom is 0.192 e. The van der Waals surface area contributed by atoms with Gasteiger partial charge >= 0.3 is 0 Å². The maximum absolute atomic E-state index is 6.00. The molecular formula is C12H21N3. The Bertz CT molecular complexity index is 298. The number of nitrogens with zero attached hydrogens (tertiary/aromatic N) is 2. The Kier molecular flexibility index (Phi) is 1.83. The molecule has 0 atom stereocenters. The number of hydrogen-bond acceptors (Lipinski definition) is 3. The third-order valence-corrected chi connectivity index (χ3v) is 4.43. The largest absolute Gasteiger partial charge is 0.370 e. The lowest BCUT2D eigenvalue weighted by Crippen LogP contribution is -2.60. The molecule has 2 fully saturated rings. The first-order valence-corrected chi connectivity index (χ1v) is 6.22. The van der Waals surface area contributed by atoms with Crippen molar-refractivity contribution in [1.29, 1.82) is 0 Å². The maximum atomic E-state index is 6.00. The molecule has 3 heteroatoms. The Balaban J connectivity index is 1.73. The minimum Gasteiger partial charge on any atom is -0.370 e. The van der Waals surface area contributed by atoms with Gasteiger partial charge in [0.25, 0.3) is 0 Å². The van der Waals surface area contributed by atoms with Crippen LogP contribution in [-0.2, 0) is 0 Å². The van der Waals surface area contributed by atoms with E-state index in [4.69, 9.17) is 5.73 Å². The molecule has 0 bridgehead atoms. The highest BCUT2D eigenvalue weighted by atomic mass is 15.4. The molecule has 0 aromatic heterocycles. The van der Waals surface area contributed by atoms with Gasteiger partial charge in [0.1, 0.15) is 0 Å². The van der Waals surface area contributed by atoms with E-state index in [2.05, 4.69) is 23.7 Å². The monoisotopic (exact) mass is 207 g/mol. The fourth-order valence-electron chi connectivity index (χ4n) is 3.24. The molecule has 0 saturated heterocycles. The standard InChI is InChI=1S/C12H21N3/c1-8(2)9-5-12(6-9)7-14-11(13)15(12)10-3-4-10/h8-10H,3-7H2,1-2H3,(H2,13,14). The molecular weight excluding hydrogens is 186 g/mol. The summed E-state index contributed by atoms with van der Waals surface area (Å²) < 4.78 is 0. The van der Waals surface area contributed by atoms with Crippen LogP contribution in [0.2, 0.25) is 0 Å². The van der Waals surface area contributed by atoms with Crippen molar-refractivity contribution in [3.8, 4) is 0 Å². The summed E-state index contributed by atoms with van der Waals surface area (Å²) >= 11 is 0. The van der Waals surface area contributed by atoms with E-state index in [1.54, 1.807) is 0 Å². The van der Waals surface area contributed by atoms with Crippen molar-refractivity contribution in [2.45, 2.75) is 51.1 Å². The molecule has 1 spiro atoms. The number of nitrogens with two attached hydrogens (primary N) is 1. The molecule has 0 aromatic rings. The summed E-state index contributed by atoms with van der Waals surface area (Å²) in [4.78, 5) is 6.92. The van der Waals surface area contributed by atoms with Crippen LogP contribution in [0.15, 0.2) is 4.99 Å². The molecule has 2 saturated carbocycles. The average Bonchev–Trinajstić information content (AvgIpc) is 2.86. The van der Waals surface area contributed by atoms with Crippen LogP contribution < -0.4 is 5.73 Å². The molecule has 0 unspecified atom stereocenters. The second-order valence-corrected chi connectivity index (χ2v) is 5.91. The normalized spacial score (nSPS) is 39.8. The predicted octanol–water partition coefficient (Wildman–Crippen LogP) is 1.58. The van der Waals surface area contributed by atoms with Crippen molar-refractivity contribution in [3.05, 3.63) is 0 Å². The fourth-order valence-corrected chi connectivity index (χ4v) is 3.24. The molecule has 0 amide bonds. The smallest absolute Gasteiger partial charge is 0.192 e. The Morgan fingerprint density at radius 1 is 1.40 bits per heavy atom. The fraction of sp³-hybridized carbons (Fsp3) is 0.917. The summed E-state index contributed by atoms with van der Waals surface area (Å²) in [5, 5.41) is 0. The van der Waals surface area contributed by atoms with Gasteiger partial charge in [-0.25, -0.2) is 0 Å². The highest BCUT2D eigenvalue weighted by Crippen LogP contribution is 2.51. The van der Waals surface area contributed by atoms with Crippen molar-refractivity contribution >= 4 is 5.96 Å². The van der Waals surface area contributed by atoms with Crippen LogP contribution >= 0.6 is 0 Å². The quantitative estimate of drug-likeness (QED) is 0.747. The van der Waals surface area contributed by atoms with E-state index in [9.17, 15) is 0 Å². The summed E-state index contributed by atoms with van der Waals surface area (Å²) in [6, 6.07) is 0.726. The Morgan fingerprint density at radius 3 is 2.60 bits per heavy atom. The van der Waals surface area contributed by atoms with Crippen LogP contribution in [0.25, 0.3) is 0 Å². The van der Waals surface area contributed by atoms with Crippen LogP contribution in [0.4, 0.5) is 0 Å². The molecule has 84 valence electrons. The highest BCUT2D eigenvalue weighted by Gasteiger charge is 2.56. The van der Waals surface area contributed by atoms with E-state index in [1.807, 2.05) is 0 Å². The Labute approximate surface area is 91.7 Å². The molecule has 0 radical (unpaired) electrons. The second-order valence-electron chi connectivity index (χ2n) is 5.91. The second kappa shape index (κ2) is 2.89. The van der Waals surface area contributed by atoms with E-state index in [-0.39, 0.29) is 0 Å². The highest BCUT2D eigenvalue weighted by molar-refractivity contribution is 5.82. The van der Waals surface area contributed by atoms with Gasteiger partial charge < -0.3 is 10.6 Å². The van der Waals surface area contributed by atoms with Crippen LogP contribution in [0.5, 0.6) is 0 Å². The van der Waals surface area contributed by atoms with Gasteiger partial charge in [-0.1, -0.05) is 13.8 Å². The van der Waals surface area contributed by atoms with Crippen molar-refractivity contribution < 1.29 is 0 Å². The lowest BCUT2D eigenvalue weighted by atomic mass is 9.63. The van der Waals surface area contributed by atoms with E-state index in [0.29, 0.717) is 5.54 Å². The molecule has 3 rings (SSSR count). The topological polar surface area (TPSA) is 41.6 Å². The minimum absolute atomic E-state index is 0.347. The van der Waals surface area contributed by atoms with Gasteiger partial charge in [0.15, 0.2) is 5.96 Å². The average molecular weight is 207 g/mol. The van der Waals surface area contributed by atoms with Crippen molar-refractivity contribution in [1.82, 2.24) is 4.90 Å². The Morgan fingerprint density at radius 2 is 2.07 bits per heavy atom. The third-order valence-electron chi connectivity index (χ3n) is 4.43. The molecule has 2 aliphatic carbocycles. The first-order valence-electron chi connectivity index (χ1n) is 6.22. The van der Waals surface area contributed by atoms with Crippen LogP contribution in [0.1, 0.15) is 39.5 Å². The van der Waals surface area contributed by atoms with E-state index >= 15 is 0 Å². The lowest BCUT2D eigenvalue weighted by Gasteiger charge is -2.52. The molecule has 1 aliphatic heterocycles. The van der Waals surface area contributed by atoms with Gasteiger partial charge in [-0.05, 0) is 37.5 Å². The van der Waals surface area contributed by atoms with Crippen LogP contribution in [0, 0.1) is 11.8 Å². The zero-order chi connectivity index (χ0) is 10.6. The summed E-state index contributed by atoms with van der Waals surface area (Å²) in [5.74, 6) is 2.53. The van der Waals surface area contributed by atoms with E-state index < -0.39 is 0 Å². The number of guanidine groups is 1. The lowest BCUT2D eigenvalue weighted by molar-refractivity contribution is 0.0143. The van der Waals surface area contributed by atoms with E-state index in [0.717, 1.165) is 30.4 Å². The van der Waals surface area contributed by atoms with Gasteiger partial charge in [-0.2, -0.15) is 0 Å².